The van der Waals surface area contributed by atoms with E-state index in [0.717, 1.165) is 0 Å². The van der Waals surface area contributed by atoms with Crippen LogP contribution in [0.4, 0.5) is 0 Å². The first-order chi connectivity index (χ1) is 21.4. The van der Waals surface area contributed by atoms with Crippen LogP contribution in [0.1, 0.15) is 41.4 Å². The topological polar surface area (TPSA) is 114 Å². The van der Waals surface area contributed by atoms with Crippen LogP contribution in [-0.4, -0.2) is 59.9 Å². The van der Waals surface area contributed by atoms with Crippen LogP contribution >= 0.6 is 15.9 Å². The maximum absolute atomic E-state index is 13.3. The molecule has 224 valence electrons. The van der Waals surface area contributed by atoms with Crippen molar-refractivity contribution in [3.63, 3.8) is 0 Å². The van der Waals surface area contributed by atoms with E-state index in [0.29, 0.717) is 5.56 Å². The van der Waals surface area contributed by atoms with E-state index in [4.69, 9.17) is 23.7 Å². The van der Waals surface area contributed by atoms with E-state index in [9.17, 15) is 19.2 Å². The number of carbonyl (C=O) groups excluding carboxylic acids is 4. The molecule has 4 aromatic rings. The van der Waals surface area contributed by atoms with Crippen molar-refractivity contribution in [2.24, 2.45) is 0 Å². The molecule has 9 nitrogen and oxygen atoms in total. The molecule has 2 unspecified atom stereocenters. The number of alkyl halides is 1. The predicted octanol–water partition coefficient (Wildman–Crippen LogP) is 5.64. The molecule has 5 atom stereocenters. The van der Waals surface area contributed by atoms with Crippen molar-refractivity contribution in [1.82, 2.24) is 0 Å². The van der Waals surface area contributed by atoms with Gasteiger partial charge >= 0.3 is 23.9 Å². The summed E-state index contributed by atoms with van der Waals surface area (Å²) in [6, 6.07) is 32.9. The van der Waals surface area contributed by atoms with Gasteiger partial charge in [-0.15, -0.1) is 0 Å². The number of benzene rings is 4. The standard InChI is InChI=1S/C34H27BrO9/c35-30-29(44-34(39)25-19-11-4-12-20-25)28(43-33(38)24-17-9-3-10-18-24)27(42-32(37)23-15-7-2-8-16-23)26(41-30)21-40-31(36)22-13-5-1-6-14-22/h1-20,26-30H,21H2/t26?,27-,28-,29?,30+/m1/s1. The lowest BCUT2D eigenvalue weighted by Crippen LogP contribution is -2.61. The highest BCUT2D eigenvalue weighted by atomic mass is 79.9. The van der Waals surface area contributed by atoms with Crippen molar-refractivity contribution in [1.29, 1.82) is 0 Å². The fraction of sp³-hybridized carbons (Fsp3) is 0.176. The molecule has 5 rings (SSSR count). The largest absolute Gasteiger partial charge is 0.459 e. The highest BCUT2D eigenvalue weighted by Gasteiger charge is 2.52. The van der Waals surface area contributed by atoms with Crippen molar-refractivity contribution in [3.8, 4) is 0 Å². The molecule has 1 fully saturated rings. The van der Waals surface area contributed by atoms with Gasteiger partial charge in [0, 0.05) is 0 Å². The number of carbonyl (C=O) groups is 4. The molecular formula is C34H27BrO9. The molecule has 10 heteroatoms. The summed E-state index contributed by atoms with van der Waals surface area (Å²) in [6.07, 6.45) is -5.13. The average Bonchev–Trinajstić information content (AvgIpc) is 3.07. The van der Waals surface area contributed by atoms with E-state index in [2.05, 4.69) is 15.9 Å². The summed E-state index contributed by atoms with van der Waals surface area (Å²) in [6.45, 7) is -0.374. The first kappa shape index (κ1) is 30.7. The van der Waals surface area contributed by atoms with Crippen LogP contribution in [0.25, 0.3) is 0 Å². The number of hydrogen-bond donors (Lipinski definition) is 0. The molecule has 0 saturated carbocycles. The van der Waals surface area contributed by atoms with E-state index >= 15 is 0 Å². The van der Waals surface area contributed by atoms with E-state index in [1.165, 1.54) is 0 Å². The van der Waals surface area contributed by atoms with Crippen molar-refractivity contribution in [3.05, 3.63) is 144 Å². The van der Waals surface area contributed by atoms with Gasteiger partial charge < -0.3 is 23.7 Å². The minimum atomic E-state index is -1.37. The van der Waals surface area contributed by atoms with E-state index in [1.807, 2.05) is 0 Å². The zero-order valence-electron chi connectivity index (χ0n) is 23.2. The highest BCUT2D eigenvalue weighted by molar-refractivity contribution is 9.09. The fourth-order valence-corrected chi connectivity index (χ4v) is 5.20. The number of halogens is 1. The van der Waals surface area contributed by atoms with E-state index < -0.39 is 53.3 Å². The van der Waals surface area contributed by atoms with Crippen molar-refractivity contribution in [2.75, 3.05) is 6.61 Å². The second-order valence-electron chi connectivity index (χ2n) is 9.70. The number of rotatable bonds is 9. The molecule has 1 aliphatic rings. The van der Waals surface area contributed by atoms with Crippen LogP contribution in [0.2, 0.25) is 0 Å². The van der Waals surface area contributed by atoms with Gasteiger partial charge in [0.25, 0.3) is 0 Å². The predicted molar refractivity (Wildman–Crippen MR) is 161 cm³/mol. The number of esters is 4. The van der Waals surface area contributed by atoms with Gasteiger partial charge in [-0.05, 0) is 48.5 Å². The molecule has 0 amide bonds. The summed E-state index contributed by atoms with van der Waals surface area (Å²) in [5, 5.41) is -1.05. The van der Waals surface area contributed by atoms with Gasteiger partial charge in [-0.25, -0.2) is 19.2 Å². The Morgan fingerprint density at radius 2 is 0.841 bits per heavy atom. The monoisotopic (exact) mass is 658 g/mol. The minimum absolute atomic E-state index is 0.221. The van der Waals surface area contributed by atoms with Crippen LogP contribution < -0.4 is 0 Å². The summed E-state index contributed by atoms with van der Waals surface area (Å²) >= 11 is 3.40. The SMILES string of the molecule is O=C(OCC1O[C@H](Br)C(OC(=O)c2ccccc2)[C@H](OC(=O)c2ccccc2)[C@@H]1OC(=O)c1ccccc1)c1ccccc1. The maximum Gasteiger partial charge on any atom is 0.338 e. The Balaban J connectivity index is 1.48. The van der Waals surface area contributed by atoms with E-state index in [1.54, 1.807) is 121 Å². The first-order valence-corrected chi connectivity index (χ1v) is 14.6. The molecule has 0 radical (unpaired) electrons. The number of ether oxygens (including phenoxy) is 5. The van der Waals surface area contributed by atoms with Gasteiger partial charge in [0.05, 0.1) is 22.3 Å². The molecule has 1 saturated heterocycles. The van der Waals surface area contributed by atoms with Crippen LogP contribution in [0.5, 0.6) is 0 Å². The van der Waals surface area contributed by atoms with Gasteiger partial charge in [0.1, 0.15) is 12.7 Å². The Kier molecular flexibility index (Phi) is 10.2. The van der Waals surface area contributed by atoms with Gasteiger partial charge in [0.15, 0.2) is 23.3 Å². The molecule has 0 spiro atoms. The maximum atomic E-state index is 13.3. The lowest BCUT2D eigenvalue weighted by atomic mass is 9.99. The Labute approximate surface area is 261 Å². The molecule has 4 aromatic carbocycles. The van der Waals surface area contributed by atoms with Crippen LogP contribution in [0, 0.1) is 0 Å². The lowest BCUT2D eigenvalue weighted by Gasteiger charge is -2.43. The average molecular weight is 659 g/mol. The second kappa shape index (κ2) is 14.6. The fourth-order valence-electron chi connectivity index (χ4n) is 4.51. The molecular weight excluding hydrogens is 632 g/mol. The Bertz CT molecular complexity index is 1570. The zero-order valence-corrected chi connectivity index (χ0v) is 24.8. The Morgan fingerprint density at radius 3 is 1.25 bits per heavy atom. The molecule has 0 bridgehead atoms. The van der Waals surface area contributed by atoms with Gasteiger partial charge in [-0.3, -0.25) is 0 Å². The smallest absolute Gasteiger partial charge is 0.338 e. The second-order valence-corrected chi connectivity index (χ2v) is 10.6. The third-order valence-electron chi connectivity index (χ3n) is 6.72. The summed E-state index contributed by atoms with van der Waals surface area (Å²) in [7, 11) is 0. The molecule has 44 heavy (non-hydrogen) atoms. The van der Waals surface area contributed by atoms with Crippen molar-refractivity contribution < 1.29 is 42.9 Å². The van der Waals surface area contributed by atoms with Crippen LogP contribution in [0.15, 0.2) is 121 Å². The van der Waals surface area contributed by atoms with Crippen molar-refractivity contribution >= 4 is 39.8 Å². The molecule has 0 aliphatic carbocycles. The molecule has 0 N–H and O–H groups in total. The molecule has 1 heterocycles. The summed E-state index contributed by atoms with van der Waals surface area (Å²) < 4.78 is 29.3. The van der Waals surface area contributed by atoms with Gasteiger partial charge in [-0.1, -0.05) is 88.7 Å². The minimum Gasteiger partial charge on any atom is -0.459 e. The van der Waals surface area contributed by atoms with Crippen LogP contribution in [-0.2, 0) is 23.7 Å². The third-order valence-corrected chi connectivity index (χ3v) is 7.46. The molecule has 0 aromatic heterocycles. The summed E-state index contributed by atoms with van der Waals surface area (Å²) in [4.78, 5) is 52.6. The number of hydrogen-bond acceptors (Lipinski definition) is 9. The Hall–Kier alpha value is -4.80. The van der Waals surface area contributed by atoms with Gasteiger partial charge in [-0.2, -0.15) is 0 Å². The van der Waals surface area contributed by atoms with Gasteiger partial charge in [0.2, 0.25) is 0 Å². The normalized spacial score (nSPS) is 21.0. The van der Waals surface area contributed by atoms with E-state index in [-0.39, 0.29) is 23.3 Å². The molecule has 1 aliphatic heterocycles. The van der Waals surface area contributed by atoms with Crippen LogP contribution in [0.3, 0.4) is 0 Å². The first-order valence-electron chi connectivity index (χ1n) is 13.7. The van der Waals surface area contributed by atoms with Crippen molar-refractivity contribution in [2.45, 2.75) is 29.4 Å². The highest BCUT2D eigenvalue weighted by Crippen LogP contribution is 2.33. The zero-order chi connectivity index (χ0) is 30.9. The quantitative estimate of drug-likeness (QED) is 0.128. The lowest BCUT2D eigenvalue weighted by molar-refractivity contribution is -0.205. The summed E-state index contributed by atoms with van der Waals surface area (Å²) in [5.74, 6) is -2.85. The summed E-state index contributed by atoms with van der Waals surface area (Å²) in [5.41, 5.74) is 0.994. The third kappa shape index (κ3) is 7.58. The Morgan fingerprint density at radius 1 is 0.500 bits per heavy atom.